The van der Waals surface area contributed by atoms with E-state index >= 15 is 0 Å². The second-order valence-corrected chi connectivity index (χ2v) is 13.2. The van der Waals surface area contributed by atoms with Crippen LogP contribution in [0.5, 0.6) is 0 Å². The first kappa shape index (κ1) is 24.7. The van der Waals surface area contributed by atoms with Crippen molar-refractivity contribution >= 4 is 11.8 Å². The second-order valence-electron chi connectivity index (χ2n) is 13.2. The van der Waals surface area contributed by atoms with Gasteiger partial charge in [-0.1, -0.05) is 38.5 Å². The van der Waals surface area contributed by atoms with Gasteiger partial charge in [0.1, 0.15) is 6.10 Å². The summed E-state index contributed by atoms with van der Waals surface area (Å²) in [5.74, 6) is 0.809. The first-order valence-electron chi connectivity index (χ1n) is 12.9. The van der Waals surface area contributed by atoms with E-state index in [1.807, 2.05) is 20.8 Å². The van der Waals surface area contributed by atoms with Crippen molar-refractivity contribution in [1.82, 2.24) is 0 Å². The van der Waals surface area contributed by atoms with E-state index in [2.05, 4.69) is 34.3 Å². The molecule has 184 valence electrons. The maximum Gasteiger partial charge on any atom is 0.306 e. The topological polar surface area (TPSA) is 63.6 Å². The number of hydrogen-bond donors (Lipinski definition) is 1. The lowest BCUT2D eigenvalue weighted by atomic mass is 9.37. The molecule has 4 heteroatoms. The highest BCUT2D eigenvalue weighted by atomic mass is 16.5. The Kier molecular flexibility index (Phi) is 5.84. The van der Waals surface area contributed by atoms with E-state index in [1.54, 1.807) is 6.08 Å². The van der Waals surface area contributed by atoms with Crippen molar-refractivity contribution in [2.45, 2.75) is 105 Å². The van der Waals surface area contributed by atoms with Gasteiger partial charge in [-0.05, 0) is 99.9 Å². The standard InChI is InChI=1S/C29H44O4/c1-17(2)13-19(30)15-29(8,32)21-10-11-27(6)22(21)14-23-25-26(5,16-24(31)33-23)20(18(3)4)9-12-28(25,27)7/h13,20-23,25,32H,3,9-12,14-16H2,1-2,4-8H3/t20-,21+,22+,23+,25+,26-,27+,28+,29+/m0/s1. The molecule has 1 N–H and O–H groups in total. The summed E-state index contributed by atoms with van der Waals surface area (Å²) in [6, 6.07) is 0. The third-order valence-electron chi connectivity index (χ3n) is 10.8. The summed E-state index contributed by atoms with van der Waals surface area (Å²) < 4.78 is 6.11. The van der Waals surface area contributed by atoms with Gasteiger partial charge in [0.05, 0.1) is 12.0 Å². The van der Waals surface area contributed by atoms with Crippen molar-refractivity contribution in [2.75, 3.05) is 0 Å². The van der Waals surface area contributed by atoms with Gasteiger partial charge < -0.3 is 9.84 Å². The van der Waals surface area contributed by atoms with Crippen LogP contribution >= 0.6 is 0 Å². The number of aliphatic hydroxyl groups is 1. The molecule has 1 aliphatic heterocycles. The fraction of sp³-hybridized carbons (Fsp3) is 0.793. The van der Waals surface area contributed by atoms with Crippen LogP contribution in [-0.2, 0) is 14.3 Å². The predicted molar refractivity (Wildman–Crippen MR) is 130 cm³/mol. The Hall–Kier alpha value is -1.42. The molecule has 4 fully saturated rings. The van der Waals surface area contributed by atoms with Gasteiger partial charge >= 0.3 is 5.97 Å². The van der Waals surface area contributed by atoms with Crippen LogP contribution in [0.4, 0.5) is 0 Å². The quantitative estimate of drug-likeness (QED) is 0.312. The van der Waals surface area contributed by atoms with Crippen molar-refractivity contribution in [3.8, 4) is 0 Å². The van der Waals surface area contributed by atoms with Crippen LogP contribution < -0.4 is 0 Å². The highest BCUT2D eigenvalue weighted by Crippen LogP contribution is 2.75. The van der Waals surface area contributed by atoms with Gasteiger partial charge in [0, 0.05) is 12.3 Å². The van der Waals surface area contributed by atoms with Crippen LogP contribution in [0.25, 0.3) is 0 Å². The number of fused-ring (bicyclic) bond motifs is 2. The van der Waals surface area contributed by atoms with Crippen LogP contribution in [0.3, 0.4) is 0 Å². The number of esters is 1. The molecule has 0 radical (unpaired) electrons. The van der Waals surface area contributed by atoms with Crippen molar-refractivity contribution < 1.29 is 19.4 Å². The number of allylic oxidation sites excluding steroid dienone is 3. The molecule has 1 heterocycles. The summed E-state index contributed by atoms with van der Waals surface area (Å²) in [7, 11) is 0. The van der Waals surface area contributed by atoms with E-state index in [1.165, 1.54) is 5.57 Å². The van der Waals surface area contributed by atoms with Gasteiger partial charge in [-0.25, -0.2) is 0 Å². The van der Waals surface area contributed by atoms with Gasteiger partial charge in [0.15, 0.2) is 5.78 Å². The first-order valence-corrected chi connectivity index (χ1v) is 12.9. The number of ether oxygens (including phenoxy) is 1. The van der Waals surface area contributed by atoms with Crippen molar-refractivity contribution in [3.63, 3.8) is 0 Å². The molecular weight excluding hydrogens is 412 g/mol. The molecule has 0 unspecified atom stereocenters. The number of rotatable bonds is 5. The molecule has 0 amide bonds. The van der Waals surface area contributed by atoms with Crippen LogP contribution in [-0.4, -0.2) is 28.6 Å². The zero-order chi connectivity index (χ0) is 24.6. The minimum atomic E-state index is -1.06. The lowest BCUT2D eigenvalue weighted by Gasteiger charge is -2.69. The minimum absolute atomic E-state index is 0.00728. The van der Waals surface area contributed by atoms with Gasteiger partial charge in [-0.15, -0.1) is 0 Å². The Bertz CT molecular complexity index is 895. The summed E-state index contributed by atoms with van der Waals surface area (Å²) in [5, 5.41) is 11.6. The lowest BCUT2D eigenvalue weighted by Crippen LogP contribution is -2.67. The molecule has 0 aromatic rings. The average Bonchev–Trinajstić information content (AvgIpc) is 2.98. The third kappa shape index (κ3) is 3.58. The fourth-order valence-electron chi connectivity index (χ4n) is 9.44. The Morgan fingerprint density at radius 2 is 1.82 bits per heavy atom. The fourth-order valence-corrected chi connectivity index (χ4v) is 9.44. The Balaban J connectivity index is 1.72. The molecule has 4 rings (SSSR count). The van der Waals surface area contributed by atoms with E-state index in [0.29, 0.717) is 18.3 Å². The van der Waals surface area contributed by atoms with Gasteiger partial charge in [-0.2, -0.15) is 0 Å². The normalized spacial score (nSPS) is 45.8. The number of ketones is 1. The Labute approximate surface area is 200 Å². The van der Waals surface area contributed by atoms with Crippen molar-refractivity contribution in [1.29, 1.82) is 0 Å². The predicted octanol–water partition coefficient (Wildman–Crippen LogP) is 6.03. The molecule has 4 nitrogen and oxygen atoms in total. The molecule has 0 spiro atoms. The highest BCUT2D eigenvalue weighted by molar-refractivity contribution is 5.90. The number of carbonyl (C=O) groups excluding carboxylic acids is 2. The second kappa shape index (κ2) is 7.80. The largest absolute Gasteiger partial charge is 0.462 e. The van der Waals surface area contributed by atoms with Crippen LogP contribution in [0.2, 0.25) is 0 Å². The van der Waals surface area contributed by atoms with Crippen LogP contribution in [0, 0.1) is 39.9 Å². The van der Waals surface area contributed by atoms with Crippen molar-refractivity contribution in [3.05, 3.63) is 23.8 Å². The van der Waals surface area contributed by atoms with E-state index in [4.69, 9.17) is 4.74 Å². The highest BCUT2D eigenvalue weighted by Gasteiger charge is 2.72. The lowest BCUT2D eigenvalue weighted by molar-refractivity contribution is -0.250. The average molecular weight is 457 g/mol. The maximum absolute atomic E-state index is 12.8. The van der Waals surface area contributed by atoms with E-state index in [9.17, 15) is 14.7 Å². The third-order valence-corrected chi connectivity index (χ3v) is 10.8. The Morgan fingerprint density at radius 1 is 1.18 bits per heavy atom. The van der Waals surface area contributed by atoms with Gasteiger partial charge in [0.25, 0.3) is 0 Å². The van der Waals surface area contributed by atoms with E-state index < -0.39 is 5.60 Å². The van der Waals surface area contributed by atoms with Crippen LogP contribution in [0.15, 0.2) is 23.8 Å². The van der Waals surface area contributed by atoms with Gasteiger partial charge in [0.2, 0.25) is 0 Å². The zero-order valence-corrected chi connectivity index (χ0v) is 21.8. The molecular formula is C29H44O4. The summed E-state index contributed by atoms with van der Waals surface area (Å²) in [5.41, 5.74) is 1.02. The number of carbonyl (C=O) groups is 2. The molecule has 3 aliphatic carbocycles. The molecule has 0 aromatic heterocycles. The summed E-state index contributed by atoms with van der Waals surface area (Å²) in [4.78, 5) is 25.4. The first-order chi connectivity index (χ1) is 15.2. The van der Waals surface area contributed by atoms with Gasteiger partial charge in [-0.3, -0.25) is 9.59 Å². The molecule has 4 aliphatic rings. The SMILES string of the molecule is C=C(C)[C@@H]1CC[C@]2(C)[C@@H]3[C@@H](C[C@@H]4[C@H]([C@](C)(O)CC(=O)C=C(C)C)CC[C@]42C)OC(=O)C[C@]31C. The summed E-state index contributed by atoms with van der Waals surface area (Å²) in [6.07, 6.45) is 7.06. The maximum atomic E-state index is 12.8. The molecule has 1 saturated heterocycles. The summed E-state index contributed by atoms with van der Waals surface area (Å²) in [6.45, 7) is 19.3. The van der Waals surface area contributed by atoms with E-state index in [0.717, 1.165) is 37.7 Å². The Morgan fingerprint density at radius 3 is 2.42 bits per heavy atom. The summed E-state index contributed by atoms with van der Waals surface area (Å²) >= 11 is 0. The molecule has 3 saturated carbocycles. The van der Waals surface area contributed by atoms with E-state index in [-0.39, 0.29) is 52.4 Å². The number of hydrogen-bond acceptors (Lipinski definition) is 4. The zero-order valence-electron chi connectivity index (χ0n) is 21.8. The monoisotopic (exact) mass is 456 g/mol. The molecule has 9 atom stereocenters. The molecule has 0 aromatic carbocycles. The molecule has 0 bridgehead atoms. The van der Waals surface area contributed by atoms with Crippen LogP contribution in [0.1, 0.15) is 93.4 Å². The minimum Gasteiger partial charge on any atom is -0.462 e. The van der Waals surface area contributed by atoms with Crippen molar-refractivity contribution in [2.24, 2.45) is 39.9 Å². The smallest absolute Gasteiger partial charge is 0.306 e. The molecule has 33 heavy (non-hydrogen) atoms.